The molecular formula is C24H18Cl3IN2. The molecule has 3 atom stereocenters. The van der Waals surface area contributed by atoms with E-state index in [1.807, 2.05) is 30.3 Å². The molecule has 2 nitrogen and oxygen atoms in total. The maximum atomic E-state index is 6.43. The summed E-state index contributed by atoms with van der Waals surface area (Å²) in [6, 6.07) is 20.3. The fourth-order valence-electron chi connectivity index (χ4n) is 4.98. The number of benzene rings is 3. The molecule has 1 fully saturated rings. The molecule has 2 aliphatic heterocycles. The van der Waals surface area contributed by atoms with Gasteiger partial charge in [-0.25, -0.2) is 0 Å². The largest absolute Gasteiger partial charge is 0.309 e. The van der Waals surface area contributed by atoms with E-state index in [4.69, 9.17) is 39.8 Å². The van der Waals surface area contributed by atoms with E-state index in [1.54, 1.807) is 0 Å². The Hall–Kier alpha value is -1.11. The first-order valence-electron chi connectivity index (χ1n) is 9.78. The number of halogens is 4. The van der Waals surface area contributed by atoms with Gasteiger partial charge in [0.15, 0.2) is 0 Å². The Morgan fingerprint density at radius 2 is 1.70 bits per heavy atom. The Bertz CT molecular complexity index is 1160. The van der Waals surface area contributed by atoms with Gasteiger partial charge < -0.3 is 5.32 Å². The highest BCUT2D eigenvalue weighted by Gasteiger charge is 2.52. The fraction of sp³-hybridized carbons (Fsp3) is 0.208. The average Bonchev–Trinajstić information content (AvgIpc) is 3.09. The number of aliphatic imine (C=N–C) groups is 1. The summed E-state index contributed by atoms with van der Waals surface area (Å²) < 4.78 is 1.18. The van der Waals surface area contributed by atoms with Crippen LogP contribution in [0.25, 0.3) is 0 Å². The Balaban J connectivity index is 1.76. The molecule has 3 aromatic rings. The number of piperidine rings is 1. The van der Waals surface area contributed by atoms with Crippen LogP contribution in [0.4, 0.5) is 5.69 Å². The van der Waals surface area contributed by atoms with Gasteiger partial charge in [0.25, 0.3) is 0 Å². The molecule has 0 bridgehead atoms. The number of hydrogen-bond acceptors (Lipinski definition) is 2. The second kappa shape index (κ2) is 8.10. The zero-order valence-electron chi connectivity index (χ0n) is 15.9. The van der Waals surface area contributed by atoms with Crippen molar-refractivity contribution in [2.75, 3.05) is 6.54 Å². The molecule has 0 amide bonds. The van der Waals surface area contributed by atoms with Crippen LogP contribution in [0.5, 0.6) is 0 Å². The van der Waals surface area contributed by atoms with Gasteiger partial charge in [-0.1, -0.05) is 53.0 Å². The minimum absolute atomic E-state index is 0.0204. The number of hydrogen-bond donors (Lipinski definition) is 1. The van der Waals surface area contributed by atoms with Crippen molar-refractivity contribution in [3.8, 4) is 0 Å². The maximum Gasteiger partial charge on any atom is 0.0683 e. The van der Waals surface area contributed by atoms with Crippen molar-refractivity contribution >= 4 is 69.3 Å². The summed E-state index contributed by atoms with van der Waals surface area (Å²) in [5.41, 5.74) is 4.16. The van der Waals surface area contributed by atoms with E-state index < -0.39 is 0 Å². The van der Waals surface area contributed by atoms with Crippen LogP contribution in [0.1, 0.15) is 35.1 Å². The quantitative estimate of drug-likeness (QED) is 0.315. The van der Waals surface area contributed by atoms with E-state index in [9.17, 15) is 0 Å². The number of rotatable bonds is 2. The summed E-state index contributed by atoms with van der Waals surface area (Å²) in [5.74, 6) is 0.211. The molecule has 0 saturated carbocycles. The lowest BCUT2D eigenvalue weighted by Gasteiger charge is -2.47. The summed E-state index contributed by atoms with van der Waals surface area (Å²) in [7, 11) is 0. The van der Waals surface area contributed by atoms with Gasteiger partial charge in [-0.15, -0.1) is 0 Å². The minimum Gasteiger partial charge on any atom is -0.309 e. The lowest BCUT2D eigenvalue weighted by Crippen LogP contribution is -2.51. The normalized spacial score (nSPS) is 24.9. The summed E-state index contributed by atoms with van der Waals surface area (Å²) in [6.45, 7) is 0.892. The zero-order chi connectivity index (χ0) is 20.9. The first-order chi connectivity index (χ1) is 14.5. The van der Waals surface area contributed by atoms with Crippen molar-refractivity contribution in [3.63, 3.8) is 0 Å². The highest BCUT2D eigenvalue weighted by Crippen LogP contribution is 2.56. The highest BCUT2D eigenvalue weighted by atomic mass is 127. The monoisotopic (exact) mass is 566 g/mol. The van der Waals surface area contributed by atoms with Gasteiger partial charge in [0, 0.05) is 36.8 Å². The molecule has 6 heteroatoms. The van der Waals surface area contributed by atoms with Gasteiger partial charge >= 0.3 is 0 Å². The van der Waals surface area contributed by atoms with Gasteiger partial charge in [-0.05, 0) is 94.7 Å². The predicted octanol–water partition coefficient (Wildman–Crippen LogP) is 7.72. The van der Waals surface area contributed by atoms with E-state index in [1.165, 1.54) is 20.3 Å². The smallest absolute Gasteiger partial charge is 0.0683 e. The average molecular weight is 568 g/mol. The van der Waals surface area contributed by atoms with Crippen molar-refractivity contribution in [1.29, 1.82) is 0 Å². The molecule has 2 heterocycles. The standard InChI is InChI=1S/C24H18Cl3IN2/c25-15-3-1-2-14(10-15)19-8-9-29-23(18-11-16(26)5-7-21(18)28)24(19)13-30-22-12-17(27)4-6-20(22)24/h1-7,10-13,19,23,29H,8-9H2. The first-order valence-corrected chi connectivity index (χ1v) is 12.0. The fourth-order valence-corrected chi connectivity index (χ4v) is 6.17. The summed E-state index contributed by atoms with van der Waals surface area (Å²) in [5, 5.41) is 5.97. The molecule has 0 radical (unpaired) electrons. The van der Waals surface area contributed by atoms with Gasteiger partial charge in [-0.2, -0.15) is 0 Å². The second-order valence-electron chi connectivity index (χ2n) is 7.80. The van der Waals surface area contributed by atoms with Crippen LogP contribution < -0.4 is 5.32 Å². The lowest BCUT2D eigenvalue weighted by atomic mass is 9.60. The molecule has 1 N–H and O–H groups in total. The van der Waals surface area contributed by atoms with Crippen LogP contribution in [-0.2, 0) is 5.41 Å². The number of fused-ring (bicyclic) bond motifs is 2. The van der Waals surface area contributed by atoms with Gasteiger partial charge in [0.1, 0.15) is 0 Å². The third-order valence-electron chi connectivity index (χ3n) is 6.20. The van der Waals surface area contributed by atoms with Gasteiger partial charge in [-0.3, -0.25) is 4.99 Å². The zero-order valence-corrected chi connectivity index (χ0v) is 20.3. The summed E-state index contributed by atoms with van der Waals surface area (Å²) in [4.78, 5) is 4.85. The third-order valence-corrected chi connectivity index (χ3v) is 7.89. The Kier molecular flexibility index (Phi) is 5.61. The van der Waals surface area contributed by atoms with Crippen LogP contribution in [0.3, 0.4) is 0 Å². The van der Waals surface area contributed by atoms with E-state index in [2.05, 4.69) is 64.5 Å². The van der Waals surface area contributed by atoms with E-state index in [-0.39, 0.29) is 17.4 Å². The molecule has 152 valence electrons. The number of nitrogens with one attached hydrogen (secondary N) is 1. The molecule has 1 spiro atoms. The van der Waals surface area contributed by atoms with E-state index in [0.29, 0.717) is 5.02 Å². The van der Waals surface area contributed by atoms with Gasteiger partial charge in [0.2, 0.25) is 0 Å². The third kappa shape index (κ3) is 3.39. The maximum absolute atomic E-state index is 6.43. The molecule has 0 aromatic heterocycles. The summed E-state index contributed by atoms with van der Waals surface area (Å²) in [6.07, 6.45) is 3.09. The highest BCUT2D eigenvalue weighted by molar-refractivity contribution is 14.1. The summed E-state index contributed by atoms with van der Waals surface area (Å²) >= 11 is 21.5. The second-order valence-corrected chi connectivity index (χ2v) is 10.3. The van der Waals surface area contributed by atoms with Crippen molar-refractivity contribution in [3.05, 3.63) is 96.0 Å². The molecule has 30 heavy (non-hydrogen) atoms. The van der Waals surface area contributed by atoms with Gasteiger partial charge in [0.05, 0.1) is 11.1 Å². The molecule has 2 aliphatic rings. The van der Waals surface area contributed by atoms with Crippen molar-refractivity contribution in [2.24, 2.45) is 4.99 Å². The molecule has 1 saturated heterocycles. The topological polar surface area (TPSA) is 24.4 Å². The Morgan fingerprint density at radius 3 is 2.53 bits per heavy atom. The van der Waals surface area contributed by atoms with Crippen LogP contribution >= 0.6 is 57.4 Å². The number of nitrogens with zero attached hydrogens (tertiary/aromatic N) is 1. The van der Waals surface area contributed by atoms with Crippen molar-refractivity contribution in [1.82, 2.24) is 5.32 Å². The van der Waals surface area contributed by atoms with Crippen LogP contribution in [0.2, 0.25) is 15.1 Å². The SMILES string of the molecule is Clc1cccc(C2CCNC(c3cc(Cl)ccc3I)C23C=Nc2cc(Cl)ccc23)c1. The molecule has 0 aliphatic carbocycles. The van der Waals surface area contributed by atoms with Crippen molar-refractivity contribution in [2.45, 2.75) is 23.8 Å². The van der Waals surface area contributed by atoms with Crippen molar-refractivity contribution < 1.29 is 0 Å². The molecule has 3 unspecified atom stereocenters. The van der Waals surface area contributed by atoms with Crippen LogP contribution in [0, 0.1) is 3.57 Å². The molecule has 3 aromatic carbocycles. The minimum atomic E-state index is -0.368. The van der Waals surface area contributed by atoms with E-state index in [0.717, 1.165) is 28.7 Å². The Morgan fingerprint density at radius 1 is 0.933 bits per heavy atom. The predicted molar refractivity (Wildman–Crippen MR) is 135 cm³/mol. The van der Waals surface area contributed by atoms with E-state index >= 15 is 0 Å². The lowest BCUT2D eigenvalue weighted by molar-refractivity contribution is 0.269. The van der Waals surface area contributed by atoms with Crippen LogP contribution in [0.15, 0.2) is 65.7 Å². The molecule has 5 rings (SSSR count). The molecular weight excluding hydrogens is 550 g/mol. The van der Waals surface area contributed by atoms with Crippen LogP contribution in [-0.4, -0.2) is 12.8 Å². The Labute approximate surface area is 204 Å². The first kappa shape index (κ1) is 20.8.